The number of benzene rings is 3. The van der Waals surface area contributed by atoms with E-state index in [1.54, 1.807) is 22.7 Å². The Morgan fingerprint density at radius 2 is 0.938 bits per heavy atom. The lowest BCUT2D eigenvalue weighted by Gasteiger charge is -2.39. The van der Waals surface area contributed by atoms with Gasteiger partial charge in [0.1, 0.15) is 33.7 Å². The van der Waals surface area contributed by atoms with Gasteiger partial charge in [0.05, 0.1) is 22.6 Å². The third-order valence-corrected chi connectivity index (χ3v) is 18.1. The summed E-state index contributed by atoms with van der Waals surface area (Å²) >= 11 is 3.38. The number of fused-ring (bicyclic) bond motifs is 2. The van der Waals surface area contributed by atoms with Gasteiger partial charge >= 0.3 is 0 Å². The van der Waals surface area contributed by atoms with Crippen LogP contribution >= 0.6 is 22.7 Å². The summed E-state index contributed by atoms with van der Waals surface area (Å²) in [5, 5.41) is 58.3. The number of thiophene rings is 2. The minimum atomic E-state index is -0.844. The molecule has 3 aromatic carbocycles. The van der Waals surface area contributed by atoms with E-state index < -0.39 is 34.5 Å². The van der Waals surface area contributed by atoms with Crippen molar-refractivity contribution in [1.82, 2.24) is 10.1 Å². The summed E-state index contributed by atoms with van der Waals surface area (Å²) in [7, 11) is 0. The van der Waals surface area contributed by atoms with E-state index >= 15 is 0 Å². The lowest BCUT2D eigenvalue weighted by atomic mass is 9.84. The summed E-state index contributed by atoms with van der Waals surface area (Å²) in [5.74, 6) is 2.57. The van der Waals surface area contributed by atoms with Gasteiger partial charge in [-0.3, -0.25) is 0 Å². The Balaban J connectivity index is 1.33. The fraction of sp³-hybridized carbons (Fsp3) is 0.577. The molecule has 2 aliphatic heterocycles. The maximum atomic E-state index is 13.6. The topological polar surface area (TPSA) is 120 Å². The van der Waals surface area contributed by atoms with E-state index in [1.807, 2.05) is 104 Å². The standard InChI is InChI=1S/C52H72N4O6S2/c1-13-17-19-33(15-3)31-61-43-39-29-41(35-21-25-37(26-22-35)47-53(57)49(5,6)50(7,8)54(47)58)64-46(39)44(62-32-34(16-4)20-18-14-2)40-30-42(63-45(40)43)36-23-27-38(28-24-36)48-55(59)51(9,10)52(11,12)56(48)60/h21-30,33-34,47-48,53,55H,13-20,31-32H2,1-12H3. The van der Waals surface area contributed by atoms with Gasteiger partial charge in [0.2, 0.25) is 0 Å². The Labute approximate surface area is 389 Å². The molecule has 0 bridgehead atoms. The van der Waals surface area contributed by atoms with Crippen LogP contribution in [0.15, 0.2) is 60.7 Å². The molecule has 0 aliphatic carbocycles. The monoisotopic (exact) mass is 912 g/mol. The van der Waals surface area contributed by atoms with Crippen LogP contribution in [0, 0.1) is 22.3 Å². The van der Waals surface area contributed by atoms with E-state index in [-0.39, 0.29) is 10.1 Å². The van der Waals surface area contributed by atoms with Crippen molar-refractivity contribution >= 4 is 42.8 Å². The largest absolute Gasteiger partial charge is 0.632 e. The Morgan fingerprint density at radius 1 is 0.594 bits per heavy atom. The predicted octanol–water partition coefficient (Wildman–Crippen LogP) is 11.8. The van der Waals surface area contributed by atoms with E-state index in [4.69, 9.17) is 9.47 Å². The van der Waals surface area contributed by atoms with E-state index in [0.717, 1.165) is 114 Å². The van der Waals surface area contributed by atoms with Gasteiger partial charge in [-0.2, -0.15) is 0 Å². The summed E-state index contributed by atoms with van der Waals surface area (Å²) in [6.07, 6.45) is 7.19. The fourth-order valence-electron chi connectivity index (χ4n) is 9.40. The first-order chi connectivity index (χ1) is 30.3. The third-order valence-electron chi connectivity index (χ3n) is 15.8. The van der Waals surface area contributed by atoms with Crippen molar-refractivity contribution in [2.75, 3.05) is 13.2 Å². The predicted molar refractivity (Wildman–Crippen MR) is 261 cm³/mol. The Kier molecular flexibility index (Phi) is 14.4. The summed E-state index contributed by atoms with van der Waals surface area (Å²) in [4.78, 5) is 2.11. The fourth-order valence-corrected chi connectivity index (χ4v) is 11.7. The van der Waals surface area contributed by atoms with Crippen molar-refractivity contribution in [2.45, 2.75) is 169 Å². The zero-order chi connectivity index (χ0) is 46.5. The molecule has 12 heteroatoms. The van der Waals surface area contributed by atoms with Gasteiger partial charge in [-0.25, -0.2) is 0 Å². The third kappa shape index (κ3) is 8.43. The van der Waals surface area contributed by atoms with Crippen molar-refractivity contribution in [1.29, 1.82) is 0 Å². The van der Waals surface area contributed by atoms with Crippen LogP contribution in [0.3, 0.4) is 0 Å². The van der Waals surface area contributed by atoms with Gasteiger partial charge in [-0.15, -0.1) is 33.1 Å². The number of nitrogens with one attached hydrogen (secondary N) is 2. The first-order valence-corrected chi connectivity index (χ1v) is 25.4. The molecule has 2 radical (unpaired) electrons. The molecule has 10 nitrogen and oxygen atoms in total. The van der Waals surface area contributed by atoms with Crippen molar-refractivity contribution in [2.24, 2.45) is 11.8 Å². The van der Waals surface area contributed by atoms with Crippen molar-refractivity contribution < 1.29 is 30.0 Å². The lowest BCUT2D eigenvalue weighted by Crippen LogP contribution is -3.14. The highest BCUT2D eigenvalue weighted by molar-refractivity contribution is 7.24. The molecular weight excluding hydrogens is 841 g/mol. The van der Waals surface area contributed by atoms with E-state index in [2.05, 4.69) is 39.8 Å². The van der Waals surface area contributed by atoms with Crippen LogP contribution in [0.1, 0.15) is 158 Å². The van der Waals surface area contributed by atoms with Crippen LogP contribution in [0.25, 0.3) is 41.1 Å². The second-order valence-corrected chi connectivity index (χ2v) is 22.7. The molecule has 64 heavy (non-hydrogen) atoms. The first-order valence-electron chi connectivity index (χ1n) is 23.8. The van der Waals surface area contributed by atoms with E-state index in [0.29, 0.717) is 36.2 Å². The number of rotatable bonds is 18. The summed E-state index contributed by atoms with van der Waals surface area (Å²) in [6, 6.07) is 20.4. The second kappa shape index (κ2) is 18.9. The molecule has 0 spiro atoms. The summed E-state index contributed by atoms with van der Waals surface area (Å²) in [6.45, 7) is 25.1. The first kappa shape index (κ1) is 48.8. The van der Waals surface area contributed by atoms with Crippen LogP contribution in [0.2, 0.25) is 0 Å². The zero-order valence-electron chi connectivity index (χ0n) is 40.3. The molecule has 6 unspecified atom stereocenters. The molecule has 4 heterocycles. The van der Waals surface area contributed by atoms with E-state index in [1.165, 1.54) is 0 Å². The van der Waals surface area contributed by atoms with Crippen LogP contribution in [0.5, 0.6) is 11.5 Å². The van der Waals surface area contributed by atoms with Crippen molar-refractivity contribution in [3.63, 3.8) is 0 Å². The Bertz CT molecular complexity index is 2110. The number of nitrogens with zero attached hydrogens (tertiary/aromatic N) is 2. The average Bonchev–Trinajstić information content (AvgIpc) is 3.97. The second-order valence-electron chi connectivity index (χ2n) is 20.6. The van der Waals surface area contributed by atoms with Gasteiger partial charge in [-0.05, 0) is 103 Å². The maximum absolute atomic E-state index is 13.6. The van der Waals surface area contributed by atoms with Crippen LogP contribution in [0.4, 0.5) is 0 Å². The molecule has 7 rings (SSSR count). The number of hydrogen-bond donors (Lipinski definition) is 2. The molecule has 5 aromatic rings. The maximum Gasteiger partial charge on any atom is 0.196 e. The number of hydroxylamine groups is 8. The molecule has 2 fully saturated rings. The Hall–Kier alpha value is -3.14. The summed E-state index contributed by atoms with van der Waals surface area (Å²) in [5.41, 5.74) is 0.206. The number of ether oxygens (including phenoxy) is 2. The minimum Gasteiger partial charge on any atom is -0.632 e. The highest BCUT2D eigenvalue weighted by atomic mass is 32.1. The number of unbranched alkanes of at least 4 members (excludes halogenated alkanes) is 2. The molecule has 2 aliphatic rings. The average molecular weight is 913 g/mol. The number of hydrogen-bond acceptors (Lipinski definition) is 8. The molecular formula is C52H72N4O6S2. The highest BCUT2D eigenvalue weighted by Gasteiger charge is 2.61. The molecule has 2 saturated heterocycles. The van der Waals surface area contributed by atoms with Crippen LogP contribution in [-0.4, -0.2) is 45.5 Å². The van der Waals surface area contributed by atoms with Crippen molar-refractivity contribution in [3.8, 4) is 32.4 Å². The molecule has 2 N–H and O–H groups in total. The van der Waals surface area contributed by atoms with Gasteiger partial charge < -0.3 is 30.0 Å². The van der Waals surface area contributed by atoms with Gasteiger partial charge in [-0.1, -0.05) is 125 Å². The van der Waals surface area contributed by atoms with Crippen molar-refractivity contribution in [3.05, 3.63) is 82.2 Å². The van der Waals surface area contributed by atoms with E-state index in [9.17, 15) is 20.8 Å². The molecule has 2 aromatic heterocycles. The minimum absolute atomic E-state index is 0.0548. The van der Waals surface area contributed by atoms with Gasteiger partial charge in [0.25, 0.3) is 0 Å². The summed E-state index contributed by atoms with van der Waals surface area (Å²) < 4.78 is 16.2. The zero-order valence-corrected chi connectivity index (χ0v) is 41.9. The quantitative estimate of drug-likeness (QED) is 0.0845. The Morgan fingerprint density at radius 3 is 1.22 bits per heavy atom. The lowest BCUT2D eigenvalue weighted by molar-refractivity contribution is -0.926. The smallest absolute Gasteiger partial charge is 0.196 e. The molecule has 348 valence electrons. The highest BCUT2D eigenvalue weighted by Crippen LogP contribution is 2.53. The molecule has 0 saturated carbocycles. The van der Waals surface area contributed by atoms with Gasteiger partial charge in [0.15, 0.2) is 12.3 Å². The van der Waals surface area contributed by atoms with Crippen LogP contribution in [-0.2, 0) is 10.4 Å². The number of quaternary nitrogens is 2. The molecule has 0 amide bonds. The SMILES string of the molecule is CCCCC(CC)COc1c2cc(-c3ccc(C4N([O])C(C)(C)C(C)(C)[NH+]4[O-])cc3)sc2c(OCC(CC)CCCC)c2cc(-c3ccc(C4N([O])C(C)(C)C(C)(C)[NH+]4[O-])cc3)sc12. The van der Waals surface area contributed by atoms with Gasteiger partial charge in [0, 0.05) is 31.7 Å². The molecule has 6 atom stereocenters. The normalized spacial score (nSPS) is 23.9. The van der Waals surface area contributed by atoms with Crippen LogP contribution < -0.4 is 19.6 Å².